The fourth-order valence-corrected chi connectivity index (χ4v) is 1.92. The highest BCUT2D eigenvalue weighted by Gasteiger charge is 2.23. The summed E-state index contributed by atoms with van der Waals surface area (Å²) in [7, 11) is 0. The highest BCUT2D eigenvalue weighted by molar-refractivity contribution is 6.29. The van der Waals surface area contributed by atoms with Crippen molar-refractivity contribution in [2.24, 2.45) is 5.73 Å². The molecule has 3 N–H and O–H groups in total. The smallest absolute Gasteiger partial charge is 0.149 e. The van der Waals surface area contributed by atoms with Crippen LogP contribution >= 0.6 is 11.6 Å². The molecule has 2 unspecified atom stereocenters. The van der Waals surface area contributed by atoms with E-state index < -0.39 is 0 Å². The summed E-state index contributed by atoms with van der Waals surface area (Å²) >= 11 is 5.72. The van der Waals surface area contributed by atoms with Crippen molar-refractivity contribution >= 4 is 17.4 Å². The molecule has 0 amide bonds. The highest BCUT2D eigenvalue weighted by atomic mass is 35.5. The molecule has 1 fully saturated rings. The lowest BCUT2D eigenvalue weighted by molar-refractivity contribution is 0.635. The predicted octanol–water partition coefficient (Wildman–Crippen LogP) is 1.42. The van der Waals surface area contributed by atoms with Crippen LogP contribution in [0.25, 0.3) is 0 Å². The Balaban J connectivity index is 2.03. The molecule has 1 saturated carbocycles. The summed E-state index contributed by atoms with van der Waals surface area (Å²) in [5, 5.41) is 3.65. The first kappa shape index (κ1) is 9.68. The first-order valence-electron chi connectivity index (χ1n) is 4.75. The summed E-state index contributed by atoms with van der Waals surface area (Å²) in [6.45, 7) is 0. The minimum Gasteiger partial charge on any atom is -0.364 e. The lowest BCUT2D eigenvalue weighted by atomic mass is 10.2. The molecule has 0 saturated heterocycles. The first-order valence-corrected chi connectivity index (χ1v) is 5.13. The summed E-state index contributed by atoms with van der Waals surface area (Å²) in [4.78, 5) is 8.06. The van der Waals surface area contributed by atoms with Crippen molar-refractivity contribution in [2.45, 2.75) is 31.3 Å². The predicted molar refractivity (Wildman–Crippen MR) is 56.3 cm³/mol. The van der Waals surface area contributed by atoms with Crippen molar-refractivity contribution in [3.8, 4) is 0 Å². The van der Waals surface area contributed by atoms with Gasteiger partial charge in [0.25, 0.3) is 0 Å². The second-order valence-electron chi connectivity index (χ2n) is 3.57. The number of halogens is 1. The Hall–Kier alpha value is -0.870. The number of nitrogens with one attached hydrogen (secondary N) is 1. The Morgan fingerprint density at radius 3 is 2.93 bits per heavy atom. The third-order valence-corrected chi connectivity index (χ3v) is 2.69. The molecular formula is C9H13ClN4. The zero-order valence-electron chi connectivity index (χ0n) is 7.78. The van der Waals surface area contributed by atoms with Gasteiger partial charge in [-0.15, -0.1) is 0 Å². The van der Waals surface area contributed by atoms with Crippen LogP contribution in [-0.2, 0) is 0 Å². The van der Waals surface area contributed by atoms with Crippen LogP contribution in [0.2, 0.25) is 5.15 Å². The maximum Gasteiger partial charge on any atom is 0.149 e. The maximum atomic E-state index is 5.92. The lowest BCUT2D eigenvalue weighted by Crippen LogP contribution is -2.35. The van der Waals surface area contributed by atoms with Crippen LogP contribution in [0.1, 0.15) is 19.3 Å². The number of nitrogens with two attached hydrogens (primary N) is 1. The molecule has 1 aliphatic carbocycles. The third kappa shape index (κ3) is 2.13. The first-order chi connectivity index (χ1) is 6.75. The van der Waals surface area contributed by atoms with Gasteiger partial charge in [-0.2, -0.15) is 0 Å². The number of aromatic nitrogens is 2. The van der Waals surface area contributed by atoms with Gasteiger partial charge in [-0.3, -0.25) is 4.98 Å². The van der Waals surface area contributed by atoms with Crippen LogP contribution in [-0.4, -0.2) is 22.1 Å². The molecule has 5 heteroatoms. The molecule has 0 spiro atoms. The molecule has 0 aromatic carbocycles. The third-order valence-electron chi connectivity index (χ3n) is 2.51. The fourth-order valence-electron chi connectivity index (χ4n) is 1.77. The van der Waals surface area contributed by atoms with Crippen LogP contribution < -0.4 is 11.1 Å². The number of nitrogens with zero attached hydrogens (tertiary/aromatic N) is 2. The van der Waals surface area contributed by atoms with Crippen LogP contribution in [0.3, 0.4) is 0 Å². The lowest BCUT2D eigenvalue weighted by Gasteiger charge is -2.17. The topological polar surface area (TPSA) is 63.8 Å². The van der Waals surface area contributed by atoms with E-state index in [2.05, 4.69) is 15.3 Å². The Morgan fingerprint density at radius 2 is 2.29 bits per heavy atom. The normalized spacial score (nSPS) is 26.4. The van der Waals surface area contributed by atoms with Gasteiger partial charge in [0.05, 0.1) is 12.4 Å². The minimum atomic E-state index is 0.218. The van der Waals surface area contributed by atoms with Gasteiger partial charge < -0.3 is 11.1 Å². The SMILES string of the molecule is NC1CCCC1Nc1cncc(Cl)n1. The van der Waals surface area contributed by atoms with Crippen LogP contribution in [0, 0.1) is 0 Å². The Kier molecular flexibility index (Phi) is 2.84. The van der Waals surface area contributed by atoms with Gasteiger partial charge in [0, 0.05) is 12.1 Å². The fraction of sp³-hybridized carbons (Fsp3) is 0.556. The maximum absolute atomic E-state index is 5.92. The van der Waals surface area contributed by atoms with Crippen molar-refractivity contribution in [1.82, 2.24) is 9.97 Å². The number of anilines is 1. The molecule has 0 aliphatic heterocycles. The number of rotatable bonds is 2. The molecular weight excluding hydrogens is 200 g/mol. The second-order valence-corrected chi connectivity index (χ2v) is 3.96. The molecule has 76 valence electrons. The van der Waals surface area contributed by atoms with Crippen molar-refractivity contribution in [3.05, 3.63) is 17.5 Å². The van der Waals surface area contributed by atoms with Crippen molar-refractivity contribution < 1.29 is 0 Å². The van der Waals surface area contributed by atoms with E-state index in [1.54, 1.807) is 6.20 Å². The van der Waals surface area contributed by atoms with Gasteiger partial charge in [0.1, 0.15) is 11.0 Å². The molecule has 1 heterocycles. The molecule has 1 aromatic rings. The van der Waals surface area contributed by atoms with Gasteiger partial charge in [0.15, 0.2) is 0 Å². The molecule has 1 aromatic heterocycles. The van der Waals surface area contributed by atoms with Gasteiger partial charge in [-0.05, 0) is 19.3 Å². The second kappa shape index (κ2) is 4.11. The molecule has 0 bridgehead atoms. The zero-order valence-corrected chi connectivity index (χ0v) is 8.54. The van der Waals surface area contributed by atoms with Gasteiger partial charge in [0.2, 0.25) is 0 Å². The van der Waals surface area contributed by atoms with E-state index in [1.165, 1.54) is 12.6 Å². The highest BCUT2D eigenvalue weighted by Crippen LogP contribution is 2.20. The zero-order chi connectivity index (χ0) is 9.97. The van der Waals surface area contributed by atoms with E-state index in [0.29, 0.717) is 17.0 Å². The van der Waals surface area contributed by atoms with Crippen LogP contribution in [0.15, 0.2) is 12.4 Å². The summed E-state index contributed by atoms with van der Waals surface area (Å²) < 4.78 is 0. The number of hydrogen-bond donors (Lipinski definition) is 2. The van der Waals surface area contributed by atoms with E-state index in [4.69, 9.17) is 17.3 Å². The van der Waals surface area contributed by atoms with Gasteiger partial charge >= 0.3 is 0 Å². The molecule has 2 rings (SSSR count). The summed E-state index contributed by atoms with van der Waals surface area (Å²) in [5.41, 5.74) is 5.92. The van der Waals surface area contributed by atoms with Crippen molar-refractivity contribution in [3.63, 3.8) is 0 Å². The molecule has 2 atom stereocenters. The monoisotopic (exact) mass is 212 g/mol. The Labute approximate surface area is 87.9 Å². The van der Waals surface area contributed by atoms with E-state index in [-0.39, 0.29) is 6.04 Å². The quantitative estimate of drug-likeness (QED) is 0.779. The van der Waals surface area contributed by atoms with E-state index >= 15 is 0 Å². The van der Waals surface area contributed by atoms with Gasteiger partial charge in [-0.1, -0.05) is 11.6 Å². The summed E-state index contributed by atoms with van der Waals surface area (Å²) in [6.07, 6.45) is 6.52. The number of hydrogen-bond acceptors (Lipinski definition) is 4. The molecule has 14 heavy (non-hydrogen) atoms. The average Bonchev–Trinajstić information content (AvgIpc) is 2.52. The van der Waals surface area contributed by atoms with E-state index in [0.717, 1.165) is 12.8 Å². The molecule has 1 aliphatic rings. The average molecular weight is 213 g/mol. The summed E-state index contributed by atoms with van der Waals surface area (Å²) in [5.74, 6) is 0.708. The standard InChI is InChI=1S/C9H13ClN4/c10-8-4-12-5-9(14-8)13-7-3-1-2-6(7)11/h4-7H,1-3,11H2,(H,13,14). The van der Waals surface area contributed by atoms with Crippen LogP contribution in [0.4, 0.5) is 5.82 Å². The molecule has 0 radical (unpaired) electrons. The van der Waals surface area contributed by atoms with Crippen molar-refractivity contribution in [2.75, 3.05) is 5.32 Å². The van der Waals surface area contributed by atoms with Gasteiger partial charge in [-0.25, -0.2) is 4.98 Å². The molecule has 4 nitrogen and oxygen atoms in total. The van der Waals surface area contributed by atoms with E-state index in [1.807, 2.05) is 0 Å². The van der Waals surface area contributed by atoms with E-state index in [9.17, 15) is 0 Å². The Bertz CT molecular complexity index is 317. The largest absolute Gasteiger partial charge is 0.364 e. The van der Waals surface area contributed by atoms with Crippen LogP contribution in [0.5, 0.6) is 0 Å². The summed E-state index contributed by atoms with van der Waals surface area (Å²) in [6, 6.07) is 0.526. The Morgan fingerprint density at radius 1 is 1.43 bits per heavy atom. The van der Waals surface area contributed by atoms with Crippen molar-refractivity contribution in [1.29, 1.82) is 0 Å². The minimum absolute atomic E-state index is 0.218.